The maximum atomic E-state index is 14.3. The summed E-state index contributed by atoms with van der Waals surface area (Å²) in [6.07, 6.45) is 1.89. The molecule has 1 N–H and O–H groups in total. The molecule has 0 amide bonds. The number of phenols is 1. The monoisotopic (exact) mass is 571 g/mol. The number of carbonyl (C=O) groups is 1. The van der Waals surface area contributed by atoms with Gasteiger partial charge in [-0.2, -0.15) is 10.2 Å². The number of aryl methyl sites for hydroxylation is 1. The molecule has 0 saturated heterocycles. The van der Waals surface area contributed by atoms with E-state index in [-0.39, 0.29) is 47.5 Å². The maximum Gasteiger partial charge on any atom is 0.333 e. The van der Waals surface area contributed by atoms with Gasteiger partial charge in [0.15, 0.2) is 5.78 Å². The van der Waals surface area contributed by atoms with Crippen LogP contribution in [0.3, 0.4) is 0 Å². The van der Waals surface area contributed by atoms with Crippen molar-refractivity contribution in [3.8, 4) is 10.8 Å². The molecule has 0 aliphatic carbocycles. The number of aromatic nitrogens is 5. The van der Waals surface area contributed by atoms with Gasteiger partial charge in [-0.15, -0.1) is 4.80 Å². The van der Waals surface area contributed by atoms with E-state index in [1.807, 2.05) is 13.8 Å². The third kappa shape index (κ3) is 5.37. The highest BCUT2D eigenvalue weighted by molar-refractivity contribution is 7.21. The molecule has 10 nitrogen and oxygen atoms in total. The predicted octanol–water partition coefficient (Wildman–Crippen LogP) is 4.48. The quantitative estimate of drug-likeness (QED) is 0.298. The van der Waals surface area contributed by atoms with Crippen LogP contribution in [0.2, 0.25) is 0 Å². The number of ether oxygens (including phenoxy) is 1. The van der Waals surface area contributed by atoms with Gasteiger partial charge in [0.2, 0.25) is 0 Å². The summed E-state index contributed by atoms with van der Waals surface area (Å²) in [6.45, 7) is 12.1. The molecule has 3 heterocycles. The molecule has 4 aromatic rings. The number of benzene rings is 1. The van der Waals surface area contributed by atoms with E-state index in [0.29, 0.717) is 15.4 Å². The number of halogens is 1. The summed E-state index contributed by atoms with van der Waals surface area (Å²) in [6, 6.07) is 3.52. The summed E-state index contributed by atoms with van der Waals surface area (Å²) >= 11 is 1.15. The number of carbonyl (C=O) groups excluding carboxylic acids is 1. The lowest BCUT2D eigenvalue weighted by Crippen LogP contribution is -2.53. The second-order valence-corrected chi connectivity index (χ2v) is 12.0. The lowest BCUT2D eigenvalue weighted by molar-refractivity contribution is -0.127. The minimum Gasteiger partial charge on any atom is -0.508 e. The first-order chi connectivity index (χ1) is 18.7. The topological polar surface area (TPSA) is 121 Å². The van der Waals surface area contributed by atoms with Crippen LogP contribution in [0.1, 0.15) is 65.2 Å². The van der Waals surface area contributed by atoms with Crippen LogP contribution in [0.15, 0.2) is 40.2 Å². The Morgan fingerprint density at radius 2 is 1.80 bits per heavy atom. The Morgan fingerprint density at radius 3 is 2.40 bits per heavy atom. The lowest BCUT2D eigenvalue weighted by atomic mass is 9.91. The Bertz CT molecular complexity index is 1670. The number of Topliss-reactive ketones (excluding diaryl/α,β-unsaturated/α-hetero) is 1. The summed E-state index contributed by atoms with van der Waals surface area (Å²) in [7, 11) is 0. The lowest BCUT2D eigenvalue weighted by Gasteiger charge is -2.28. The van der Waals surface area contributed by atoms with Crippen LogP contribution in [0, 0.1) is 18.7 Å². The van der Waals surface area contributed by atoms with E-state index in [9.17, 15) is 23.9 Å². The molecule has 0 radical (unpaired) electrons. The molecule has 40 heavy (non-hydrogen) atoms. The van der Waals surface area contributed by atoms with Crippen LogP contribution in [-0.4, -0.2) is 41.1 Å². The van der Waals surface area contributed by atoms with E-state index in [4.69, 9.17) is 4.74 Å². The van der Waals surface area contributed by atoms with Crippen molar-refractivity contribution >= 4 is 27.3 Å². The SMILES string of the molecule is Cc1c(-n2nccn2)sc2c1c(=O)n(C(C)(C)C(=O)CC(C)C)c(=O)n2C[C@H](OC(C)C)c1cc(F)ccc1O. The van der Waals surface area contributed by atoms with Gasteiger partial charge in [-0.25, -0.2) is 13.8 Å². The second kappa shape index (κ2) is 11.1. The highest BCUT2D eigenvalue weighted by atomic mass is 32.1. The van der Waals surface area contributed by atoms with Gasteiger partial charge in [-0.1, -0.05) is 25.2 Å². The summed E-state index contributed by atoms with van der Waals surface area (Å²) in [5.41, 5.74) is -2.06. The third-order valence-electron chi connectivity index (χ3n) is 6.74. The molecule has 0 saturated carbocycles. The van der Waals surface area contributed by atoms with Gasteiger partial charge in [0, 0.05) is 17.5 Å². The van der Waals surface area contributed by atoms with Crippen molar-refractivity contribution in [2.45, 2.75) is 79.2 Å². The van der Waals surface area contributed by atoms with Gasteiger partial charge in [-0.3, -0.25) is 14.2 Å². The molecule has 0 aliphatic rings. The Morgan fingerprint density at radius 1 is 1.15 bits per heavy atom. The fourth-order valence-electron chi connectivity index (χ4n) is 4.74. The van der Waals surface area contributed by atoms with Crippen LogP contribution in [0.5, 0.6) is 5.75 Å². The van der Waals surface area contributed by atoms with Crippen LogP contribution in [-0.2, 0) is 21.6 Å². The molecule has 0 unspecified atom stereocenters. The number of hydrogen-bond acceptors (Lipinski definition) is 8. The highest BCUT2D eigenvalue weighted by Crippen LogP contribution is 2.34. The molecule has 0 fully saturated rings. The van der Waals surface area contributed by atoms with Gasteiger partial charge in [0.05, 0.1) is 30.4 Å². The van der Waals surface area contributed by atoms with Crippen LogP contribution < -0.4 is 11.2 Å². The zero-order valence-electron chi connectivity index (χ0n) is 23.6. The number of aromatic hydroxyl groups is 1. The van der Waals surface area contributed by atoms with E-state index in [1.54, 1.807) is 34.6 Å². The third-order valence-corrected chi connectivity index (χ3v) is 8.02. The average Bonchev–Trinajstić information content (AvgIpc) is 3.50. The number of phenolic OH excluding ortho intramolecular Hbond substituents is 1. The fourth-order valence-corrected chi connectivity index (χ4v) is 5.96. The van der Waals surface area contributed by atoms with Crippen molar-refractivity contribution in [3.63, 3.8) is 0 Å². The minimum absolute atomic E-state index is 0.0218. The summed E-state index contributed by atoms with van der Waals surface area (Å²) in [5, 5.41) is 19.7. The number of fused-ring (bicyclic) bond motifs is 1. The first kappa shape index (κ1) is 29.3. The number of thiophene rings is 1. The number of hydrogen-bond donors (Lipinski definition) is 1. The van der Waals surface area contributed by atoms with Crippen molar-refractivity contribution in [1.29, 1.82) is 0 Å². The molecule has 0 aliphatic heterocycles. The Balaban J connectivity index is 2.05. The van der Waals surface area contributed by atoms with E-state index < -0.39 is 28.7 Å². The zero-order chi connectivity index (χ0) is 29.5. The Kier molecular flexibility index (Phi) is 8.13. The van der Waals surface area contributed by atoms with E-state index in [2.05, 4.69) is 10.2 Å². The fraction of sp³-hybridized carbons (Fsp3) is 0.464. The van der Waals surface area contributed by atoms with Gasteiger partial charge in [0.1, 0.15) is 33.0 Å². The largest absolute Gasteiger partial charge is 0.508 e. The van der Waals surface area contributed by atoms with Crippen LogP contribution in [0.4, 0.5) is 4.39 Å². The van der Waals surface area contributed by atoms with Gasteiger partial charge >= 0.3 is 5.69 Å². The first-order valence-electron chi connectivity index (χ1n) is 13.1. The van der Waals surface area contributed by atoms with Gasteiger partial charge in [0.25, 0.3) is 5.56 Å². The normalized spacial score (nSPS) is 13.1. The van der Waals surface area contributed by atoms with E-state index >= 15 is 0 Å². The smallest absolute Gasteiger partial charge is 0.333 e. The van der Waals surface area contributed by atoms with Gasteiger partial charge in [-0.05, 0) is 58.7 Å². The molecule has 0 bridgehead atoms. The van der Waals surface area contributed by atoms with E-state index in [0.717, 1.165) is 28.0 Å². The zero-order valence-corrected chi connectivity index (χ0v) is 24.5. The first-order valence-corrected chi connectivity index (χ1v) is 13.9. The molecule has 3 aromatic heterocycles. The molecule has 4 rings (SSSR count). The molecule has 1 atom stereocenters. The molecule has 1 aromatic carbocycles. The number of rotatable bonds is 10. The number of nitrogens with zero attached hydrogens (tertiary/aromatic N) is 5. The van der Waals surface area contributed by atoms with Crippen molar-refractivity contribution in [2.75, 3.05) is 0 Å². The summed E-state index contributed by atoms with van der Waals surface area (Å²) in [5.74, 6) is -1.01. The second-order valence-electron chi connectivity index (χ2n) is 11.0. The highest BCUT2D eigenvalue weighted by Gasteiger charge is 2.36. The average molecular weight is 572 g/mol. The maximum absolute atomic E-state index is 14.3. The predicted molar refractivity (Wildman–Crippen MR) is 151 cm³/mol. The molecule has 214 valence electrons. The van der Waals surface area contributed by atoms with Crippen molar-refractivity contribution in [2.24, 2.45) is 5.92 Å². The summed E-state index contributed by atoms with van der Waals surface area (Å²) < 4.78 is 22.7. The van der Waals surface area contributed by atoms with Gasteiger partial charge < -0.3 is 9.84 Å². The van der Waals surface area contributed by atoms with Crippen molar-refractivity contribution in [1.82, 2.24) is 24.1 Å². The minimum atomic E-state index is -1.46. The Labute approximate surface area is 234 Å². The summed E-state index contributed by atoms with van der Waals surface area (Å²) in [4.78, 5) is 43.3. The Hall–Kier alpha value is -3.64. The molecule has 0 spiro atoms. The van der Waals surface area contributed by atoms with Crippen LogP contribution >= 0.6 is 11.3 Å². The molecule has 12 heteroatoms. The number of ketones is 1. The van der Waals surface area contributed by atoms with Crippen molar-refractivity contribution < 1.29 is 19.0 Å². The molecular formula is C28H34FN5O5S. The standard InChI is InChI=1S/C28H34FN5O5S/c1-15(2)12-22(36)28(6,7)33-24(37)23-17(5)25(34-30-10-11-31-34)40-26(23)32(27(33)38)14-21(39-16(3)4)19-13-18(29)8-9-20(19)35/h8-11,13,15-16,21,35H,12,14H2,1-7H3/t21-/m0/s1. The van der Waals surface area contributed by atoms with Crippen LogP contribution in [0.25, 0.3) is 15.2 Å². The van der Waals surface area contributed by atoms with Crippen molar-refractivity contribution in [3.05, 3.63) is 68.4 Å². The van der Waals surface area contributed by atoms with E-state index in [1.165, 1.54) is 27.8 Å². The molecular weight excluding hydrogens is 537 g/mol.